The van der Waals surface area contributed by atoms with E-state index in [2.05, 4.69) is 20.6 Å². The SMILES string of the molecule is CC[C@H](C)[C@@H](NC(=O)c1cc(C)cc(C)c1)C(=O)Nc1nc2ccccc2[nH]1. The normalized spacial score (nSPS) is 13.1. The van der Waals surface area contributed by atoms with E-state index < -0.39 is 6.04 Å². The predicted molar refractivity (Wildman–Crippen MR) is 111 cm³/mol. The summed E-state index contributed by atoms with van der Waals surface area (Å²) in [6.07, 6.45) is 0.755. The van der Waals surface area contributed by atoms with Crippen molar-refractivity contribution in [2.45, 2.75) is 40.2 Å². The molecular formula is C22H26N4O2. The van der Waals surface area contributed by atoms with Crippen LogP contribution in [-0.4, -0.2) is 27.8 Å². The highest BCUT2D eigenvalue weighted by molar-refractivity contribution is 6.01. The molecule has 0 unspecified atom stereocenters. The summed E-state index contributed by atoms with van der Waals surface area (Å²) >= 11 is 0. The maximum atomic E-state index is 12.9. The number of carbonyl (C=O) groups excluding carboxylic acids is 2. The zero-order valence-electron chi connectivity index (χ0n) is 16.7. The van der Waals surface area contributed by atoms with Gasteiger partial charge in [0.2, 0.25) is 11.9 Å². The van der Waals surface area contributed by atoms with Gasteiger partial charge in [-0.3, -0.25) is 14.9 Å². The van der Waals surface area contributed by atoms with Gasteiger partial charge in [0.05, 0.1) is 11.0 Å². The molecule has 0 spiro atoms. The van der Waals surface area contributed by atoms with E-state index in [1.807, 2.05) is 70.2 Å². The fourth-order valence-corrected chi connectivity index (χ4v) is 3.24. The molecule has 3 rings (SSSR count). The summed E-state index contributed by atoms with van der Waals surface area (Å²) in [5.41, 5.74) is 4.20. The van der Waals surface area contributed by atoms with Crippen LogP contribution in [-0.2, 0) is 4.79 Å². The molecule has 0 bridgehead atoms. The molecule has 2 aromatic carbocycles. The number of anilines is 1. The summed E-state index contributed by atoms with van der Waals surface area (Å²) in [6, 6.07) is 12.6. The van der Waals surface area contributed by atoms with Crippen LogP contribution >= 0.6 is 0 Å². The van der Waals surface area contributed by atoms with Crippen molar-refractivity contribution in [3.8, 4) is 0 Å². The second-order valence-electron chi connectivity index (χ2n) is 7.30. The Balaban J connectivity index is 1.78. The van der Waals surface area contributed by atoms with Crippen molar-refractivity contribution < 1.29 is 9.59 Å². The molecule has 6 nitrogen and oxygen atoms in total. The van der Waals surface area contributed by atoms with Crippen LogP contribution in [0.4, 0.5) is 5.95 Å². The van der Waals surface area contributed by atoms with Crippen molar-refractivity contribution >= 4 is 28.8 Å². The van der Waals surface area contributed by atoms with Crippen LogP contribution in [0.1, 0.15) is 41.8 Å². The number of carbonyl (C=O) groups is 2. The average Bonchev–Trinajstić information content (AvgIpc) is 3.06. The van der Waals surface area contributed by atoms with E-state index in [0.717, 1.165) is 28.6 Å². The molecular weight excluding hydrogens is 352 g/mol. The molecule has 1 aromatic heterocycles. The molecule has 2 atom stereocenters. The van der Waals surface area contributed by atoms with Crippen LogP contribution < -0.4 is 10.6 Å². The molecule has 3 aromatic rings. The predicted octanol–water partition coefficient (Wildman–Crippen LogP) is 3.96. The van der Waals surface area contributed by atoms with Gasteiger partial charge in [-0.2, -0.15) is 0 Å². The lowest BCUT2D eigenvalue weighted by atomic mass is 9.97. The molecule has 0 fully saturated rings. The van der Waals surface area contributed by atoms with Crippen LogP contribution in [0.2, 0.25) is 0 Å². The molecule has 0 aliphatic carbocycles. The number of aromatic nitrogens is 2. The van der Waals surface area contributed by atoms with Crippen molar-refractivity contribution in [2.24, 2.45) is 5.92 Å². The fourth-order valence-electron chi connectivity index (χ4n) is 3.24. The number of rotatable bonds is 6. The molecule has 6 heteroatoms. The number of fused-ring (bicyclic) bond motifs is 1. The van der Waals surface area contributed by atoms with Crippen molar-refractivity contribution in [3.63, 3.8) is 0 Å². The number of aryl methyl sites for hydroxylation is 2. The van der Waals surface area contributed by atoms with Crippen LogP contribution in [0.15, 0.2) is 42.5 Å². The Kier molecular flexibility index (Phi) is 5.78. The number of nitrogens with zero attached hydrogens (tertiary/aromatic N) is 1. The Morgan fingerprint density at radius 2 is 1.79 bits per heavy atom. The molecule has 28 heavy (non-hydrogen) atoms. The highest BCUT2D eigenvalue weighted by Gasteiger charge is 2.27. The van der Waals surface area contributed by atoms with Crippen LogP contribution in [0.5, 0.6) is 0 Å². The fraction of sp³-hybridized carbons (Fsp3) is 0.318. The number of nitrogens with one attached hydrogen (secondary N) is 3. The highest BCUT2D eigenvalue weighted by atomic mass is 16.2. The number of hydrogen-bond acceptors (Lipinski definition) is 3. The Labute approximate surface area is 164 Å². The Morgan fingerprint density at radius 1 is 1.11 bits per heavy atom. The van der Waals surface area contributed by atoms with E-state index in [-0.39, 0.29) is 17.7 Å². The van der Waals surface area contributed by atoms with E-state index in [9.17, 15) is 9.59 Å². The number of H-pyrrole nitrogens is 1. The molecule has 146 valence electrons. The number of aromatic amines is 1. The standard InChI is InChI=1S/C22H26N4O2/c1-5-15(4)19(25-20(27)16-11-13(2)10-14(3)12-16)21(28)26-22-23-17-8-6-7-9-18(17)24-22/h6-12,15,19H,5H2,1-4H3,(H,25,27)(H2,23,24,26,28)/t15-,19+/m0/s1. The van der Waals surface area contributed by atoms with Crippen LogP contribution in [0.3, 0.4) is 0 Å². The number of imidazole rings is 1. The monoisotopic (exact) mass is 378 g/mol. The topological polar surface area (TPSA) is 86.9 Å². The second-order valence-corrected chi connectivity index (χ2v) is 7.30. The van der Waals surface area contributed by atoms with Crippen LogP contribution in [0.25, 0.3) is 11.0 Å². The van der Waals surface area contributed by atoms with Gasteiger partial charge in [0.15, 0.2) is 0 Å². The van der Waals surface area contributed by atoms with Crippen molar-refractivity contribution in [1.82, 2.24) is 15.3 Å². The van der Waals surface area contributed by atoms with Crippen molar-refractivity contribution in [2.75, 3.05) is 5.32 Å². The number of hydrogen-bond donors (Lipinski definition) is 3. The van der Waals surface area contributed by atoms with Gasteiger partial charge in [0, 0.05) is 5.56 Å². The quantitative estimate of drug-likeness (QED) is 0.607. The lowest BCUT2D eigenvalue weighted by molar-refractivity contribution is -0.119. The van der Waals surface area contributed by atoms with E-state index in [0.29, 0.717) is 11.5 Å². The molecule has 0 saturated carbocycles. The Hall–Kier alpha value is -3.15. The van der Waals surface area contributed by atoms with Crippen molar-refractivity contribution in [3.05, 3.63) is 59.2 Å². The third kappa shape index (κ3) is 4.39. The molecule has 0 radical (unpaired) electrons. The lowest BCUT2D eigenvalue weighted by Crippen LogP contribution is -2.47. The first-order chi connectivity index (χ1) is 13.4. The molecule has 0 aliphatic heterocycles. The molecule has 3 N–H and O–H groups in total. The maximum absolute atomic E-state index is 12.9. The van der Waals surface area contributed by atoms with Gasteiger partial charge in [0.1, 0.15) is 6.04 Å². The summed E-state index contributed by atoms with van der Waals surface area (Å²) in [4.78, 5) is 33.1. The average molecular weight is 378 g/mol. The van der Waals surface area contributed by atoms with Crippen molar-refractivity contribution in [1.29, 1.82) is 0 Å². The molecule has 1 heterocycles. The first kappa shape index (κ1) is 19.6. The van der Waals surface area contributed by atoms with Gasteiger partial charge in [-0.25, -0.2) is 4.98 Å². The third-order valence-electron chi connectivity index (χ3n) is 4.90. The highest BCUT2D eigenvalue weighted by Crippen LogP contribution is 2.16. The minimum absolute atomic E-state index is 0.0285. The largest absolute Gasteiger partial charge is 0.340 e. The van der Waals surface area contributed by atoms with E-state index in [4.69, 9.17) is 0 Å². The summed E-state index contributed by atoms with van der Waals surface area (Å²) in [5, 5.41) is 5.71. The van der Waals surface area contributed by atoms with E-state index in [1.165, 1.54) is 0 Å². The first-order valence-corrected chi connectivity index (χ1v) is 9.52. The van der Waals surface area contributed by atoms with E-state index >= 15 is 0 Å². The van der Waals surface area contributed by atoms with Crippen LogP contribution in [0, 0.1) is 19.8 Å². The van der Waals surface area contributed by atoms with Gasteiger partial charge < -0.3 is 10.3 Å². The van der Waals surface area contributed by atoms with Gasteiger partial charge >= 0.3 is 0 Å². The molecule has 0 aliphatic rings. The molecule has 2 amide bonds. The summed E-state index contributed by atoms with van der Waals surface area (Å²) in [5.74, 6) is -0.192. The second kappa shape index (κ2) is 8.25. The summed E-state index contributed by atoms with van der Waals surface area (Å²) in [7, 11) is 0. The minimum Gasteiger partial charge on any atom is -0.340 e. The smallest absolute Gasteiger partial charge is 0.251 e. The number of benzene rings is 2. The van der Waals surface area contributed by atoms with E-state index in [1.54, 1.807) is 0 Å². The Bertz CT molecular complexity index is 955. The first-order valence-electron chi connectivity index (χ1n) is 9.52. The zero-order valence-corrected chi connectivity index (χ0v) is 16.7. The third-order valence-corrected chi connectivity index (χ3v) is 4.90. The van der Waals surface area contributed by atoms with Gasteiger partial charge in [-0.1, -0.05) is 49.6 Å². The van der Waals surface area contributed by atoms with Gasteiger partial charge in [0.25, 0.3) is 5.91 Å². The summed E-state index contributed by atoms with van der Waals surface area (Å²) < 4.78 is 0. The maximum Gasteiger partial charge on any atom is 0.251 e. The Morgan fingerprint density at radius 3 is 2.43 bits per heavy atom. The molecule has 0 saturated heterocycles. The summed E-state index contributed by atoms with van der Waals surface area (Å²) in [6.45, 7) is 7.84. The zero-order chi connectivity index (χ0) is 20.3. The minimum atomic E-state index is -0.661. The number of amides is 2. The lowest BCUT2D eigenvalue weighted by Gasteiger charge is -2.23. The van der Waals surface area contributed by atoms with Gasteiger partial charge in [-0.05, 0) is 44.0 Å². The van der Waals surface area contributed by atoms with Gasteiger partial charge in [-0.15, -0.1) is 0 Å². The number of para-hydroxylation sites is 2.